The molecule has 0 radical (unpaired) electrons. The van der Waals surface area contributed by atoms with Crippen LogP contribution in [0, 0.1) is 0 Å². The van der Waals surface area contributed by atoms with E-state index in [1.807, 2.05) is 6.08 Å². The van der Waals surface area contributed by atoms with Gasteiger partial charge in [-0.05, 0) is 32.1 Å². The lowest BCUT2D eigenvalue weighted by Crippen LogP contribution is -2.60. The molecule has 1 fully saturated rings. The summed E-state index contributed by atoms with van der Waals surface area (Å²) < 4.78 is 11.3. The molecule has 0 aromatic heterocycles. The first-order valence-electron chi connectivity index (χ1n) is 35.6. The predicted molar refractivity (Wildman–Crippen MR) is 341 cm³/mol. The summed E-state index contributed by atoms with van der Waals surface area (Å²) in [6, 6.07) is -0.820. The fourth-order valence-electron chi connectivity index (χ4n) is 11.7. The van der Waals surface area contributed by atoms with E-state index in [1.54, 1.807) is 6.08 Å². The van der Waals surface area contributed by atoms with E-state index in [4.69, 9.17) is 9.47 Å². The van der Waals surface area contributed by atoms with E-state index in [2.05, 4.69) is 31.3 Å². The zero-order valence-electron chi connectivity index (χ0n) is 53.1. The number of aliphatic hydroxyl groups is 5. The lowest BCUT2D eigenvalue weighted by atomic mass is 9.99. The van der Waals surface area contributed by atoms with Crippen LogP contribution in [0.25, 0.3) is 0 Å². The Morgan fingerprint density at radius 3 is 1.05 bits per heavy atom. The SMILES string of the molecule is CCCCCCCCCCCCCCCCCCCCC/C=C/CC/C=C/C(O)C(COC1OC(CO)C(O)C(O)C1O)NC(=O)CCCCCCCCCCCCCCCCCCCCCCCCCCCCCCCCCC. The van der Waals surface area contributed by atoms with Gasteiger partial charge in [0.05, 0.1) is 25.4 Å². The molecule has 80 heavy (non-hydrogen) atoms. The molecule has 1 aliphatic rings. The van der Waals surface area contributed by atoms with Gasteiger partial charge in [-0.2, -0.15) is 0 Å². The second-order valence-corrected chi connectivity index (χ2v) is 25.0. The third kappa shape index (κ3) is 49.0. The lowest BCUT2D eigenvalue weighted by molar-refractivity contribution is -0.302. The minimum atomic E-state index is -1.57. The standard InChI is InChI=1S/C71H137NO8/c1-3-5-7-9-11-13-15-17-19-21-23-25-27-29-30-31-32-33-34-35-37-39-41-43-45-47-49-51-53-55-57-59-61-67(75)72-64(63-79-71-70(78)69(77)68(76)66(62-73)80-71)65(74)60-58-56-54-52-50-48-46-44-42-40-38-36-28-26-24-22-20-18-16-14-12-10-8-6-4-2/h50,52,58,60,64-66,68-71,73-74,76-78H,3-49,51,53-57,59,61-63H2,1-2H3,(H,72,75)/b52-50+,60-58+. The largest absolute Gasteiger partial charge is 0.394 e. The molecule has 6 N–H and O–H groups in total. The van der Waals surface area contributed by atoms with Crippen LogP contribution in [-0.2, 0) is 14.3 Å². The summed E-state index contributed by atoms with van der Waals surface area (Å²) in [7, 11) is 0. The van der Waals surface area contributed by atoms with Crippen molar-refractivity contribution in [1.29, 1.82) is 0 Å². The molecule has 0 spiro atoms. The summed E-state index contributed by atoms with van der Waals surface area (Å²) in [6.07, 6.45) is 73.0. The van der Waals surface area contributed by atoms with E-state index in [-0.39, 0.29) is 12.5 Å². The number of aliphatic hydroxyl groups excluding tert-OH is 5. The van der Waals surface area contributed by atoms with Gasteiger partial charge in [-0.25, -0.2) is 0 Å². The van der Waals surface area contributed by atoms with E-state index in [9.17, 15) is 30.3 Å². The predicted octanol–water partition coefficient (Wildman–Crippen LogP) is 19.3. The molecule has 0 aliphatic carbocycles. The van der Waals surface area contributed by atoms with E-state index >= 15 is 0 Å². The van der Waals surface area contributed by atoms with Crippen molar-refractivity contribution in [3.8, 4) is 0 Å². The van der Waals surface area contributed by atoms with Crippen LogP contribution in [-0.4, -0.2) is 87.5 Å². The van der Waals surface area contributed by atoms with E-state index in [0.29, 0.717) is 6.42 Å². The topological polar surface area (TPSA) is 149 Å². The molecule has 0 bridgehead atoms. The molecule has 1 amide bonds. The Morgan fingerprint density at radius 1 is 0.412 bits per heavy atom. The Kier molecular flexibility index (Phi) is 58.3. The quantitative estimate of drug-likeness (QED) is 0.0261. The number of rotatable bonds is 63. The van der Waals surface area contributed by atoms with Crippen LogP contribution < -0.4 is 5.32 Å². The highest BCUT2D eigenvalue weighted by Crippen LogP contribution is 2.24. The number of hydrogen-bond acceptors (Lipinski definition) is 8. The zero-order chi connectivity index (χ0) is 57.9. The molecule has 7 unspecified atom stereocenters. The van der Waals surface area contributed by atoms with Crippen LogP contribution in [0.3, 0.4) is 0 Å². The van der Waals surface area contributed by atoms with Gasteiger partial charge < -0.3 is 40.3 Å². The van der Waals surface area contributed by atoms with Gasteiger partial charge in [-0.15, -0.1) is 0 Å². The number of hydrogen-bond donors (Lipinski definition) is 6. The molecule has 0 saturated carbocycles. The van der Waals surface area contributed by atoms with Crippen LogP contribution in [0.2, 0.25) is 0 Å². The number of allylic oxidation sites excluding steroid dienone is 3. The average Bonchev–Trinajstić information content (AvgIpc) is 3.46. The van der Waals surface area contributed by atoms with Crippen molar-refractivity contribution in [3.63, 3.8) is 0 Å². The summed E-state index contributed by atoms with van der Waals surface area (Å²) >= 11 is 0. The van der Waals surface area contributed by atoms with Crippen molar-refractivity contribution in [2.45, 2.75) is 410 Å². The smallest absolute Gasteiger partial charge is 0.220 e. The molecule has 1 saturated heterocycles. The van der Waals surface area contributed by atoms with Gasteiger partial charge >= 0.3 is 0 Å². The van der Waals surface area contributed by atoms with Crippen molar-refractivity contribution < 1.29 is 39.8 Å². The minimum absolute atomic E-state index is 0.178. The number of ether oxygens (including phenoxy) is 2. The first-order chi connectivity index (χ1) is 39.3. The third-order valence-electron chi connectivity index (χ3n) is 17.3. The number of amides is 1. The molecule has 0 aromatic carbocycles. The van der Waals surface area contributed by atoms with Crippen LogP contribution >= 0.6 is 0 Å². The normalized spacial score (nSPS) is 18.5. The van der Waals surface area contributed by atoms with Crippen molar-refractivity contribution in [3.05, 3.63) is 24.3 Å². The zero-order valence-corrected chi connectivity index (χ0v) is 53.1. The molecule has 9 heteroatoms. The number of unbranched alkanes of at least 4 members (excludes halogenated alkanes) is 51. The second-order valence-electron chi connectivity index (χ2n) is 25.0. The van der Waals surface area contributed by atoms with E-state index in [0.717, 1.165) is 38.5 Å². The first kappa shape index (κ1) is 76.7. The van der Waals surface area contributed by atoms with Crippen molar-refractivity contribution in [2.75, 3.05) is 13.2 Å². The molecular weight excluding hydrogens is 995 g/mol. The highest BCUT2D eigenvalue weighted by molar-refractivity contribution is 5.76. The highest BCUT2D eigenvalue weighted by atomic mass is 16.7. The number of carbonyl (C=O) groups is 1. The first-order valence-corrected chi connectivity index (χ1v) is 35.6. The van der Waals surface area contributed by atoms with Crippen LogP contribution in [0.5, 0.6) is 0 Å². The van der Waals surface area contributed by atoms with Crippen molar-refractivity contribution in [1.82, 2.24) is 5.32 Å². The van der Waals surface area contributed by atoms with Gasteiger partial charge in [0, 0.05) is 6.42 Å². The molecular formula is C71H137NO8. The number of nitrogens with one attached hydrogen (secondary N) is 1. The maximum absolute atomic E-state index is 13.1. The maximum Gasteiger partial charge on any atom is 0.220 e. The molecule has 0 aromatic rings. The third-order valence-corrected chi connectivity index (χ3v) is 17.3. The molecule has 474 valence electrons. The maximum atomic E-state index is 13.1. The van der Waals surface area contributed by atoms with Crippen LogP contribution in [0.4, 0.5) is 0 Å². The van der Waals surface area contributed by atoms with Gasteiger partial charge in [0.1, 0.15) is 24.4 Å². The summed E-state index contributed by atoms with van der Waals surface area (Å²) in [4.78, 5) is 13.1. The van der Waals surface area contributed by atoms with Crippen molar-refractivity contribution in [2.24, 2.45) is 0 Å². The Labute approximate surface area is 496 Å². The van der Waals surface area contributed by atoms with E-state index < -0.39 is 49.5 Å². The Balaban J connectivity index is 2.12. The van der Waals surface area contributed by atoms with Gasteiger partial charge in [0.25, 0.3) is 0 Å². The molecule has 1 heterocycles. The molecule has 7 atom stereocenters. The van der Waals surface area contributed by atoms with E-state index in [1.165, 1.54) is 308 Å². The Morgan fingerprint density at radius 2 is 0.713 bits per heavy atom. The Bertz CT molecular complexity index is 1310. The van der Waals surface area contributed by atoms with Crippen molar-refractivity contribution >= 4 is 5.91 Å². The minimum Gasteiger partial charge on any atom is -0.394 e. The van der Waals surface area contributed by atoms with Gasteiger partial charge in [-0.1, -0.05) is 353 Å². The van der Waals surface area contributed by atoms with Crippen LogP contribution in [0.1, 0.15) is 367 Å². The summed E-state index contributed by atoms with van der Waals surface area (Å²) in [5.41, 5.74) is 0. The summed E-state index contributed by atoms with van der Waals surface area (Å²) in [6.45, 7) is 3.83. The molecule has 9 nitrogen and oxygen atoms in total. The molecule has 1 aliphatic heterocycles. The summed E-state index contributed by atoms with van der Waals surface area (Å²) in [5.74, 6) is -0.178. The van der Waals surface area contributed by atoms with Gasteiger partial charge in [-0.3, -0.25) is 4.79 Å². The fourth-order valence-corrected chi connectivity index (χ4v) is 11.7. The van der Waals surface area contributed by atoms with Gasteiger partial charge in [0.15, 0.2) is 6.29 Å². The lowest BCUT2D eigenvalue weighted by Gasteiger charge is -2.40. The van der Waals surface area contributed by atoms with Crippen LogP contribution in [0.15, 0.2) is 24.3 Å². The highest BCUT2D eigenvalue weighted by Gasteiger charge is 2.44. The summed E-state index contributed by atoms with van der Waals surface area (Å²) in [5, 5.41) is 54.7. The molecule has 1 rings (SSSR count). The fraction of sp³-hybridized carbons (Fsp3) is 0.930. The second kappa shape index (κ2) is 60.8. The van der Waals surface area contributed by atoms with Gasteiger partial charge in [0.2, 0.25) is 5.91 Å². The monoisotopic (exact) mass is 1130 g/mol. The average molecular weight is 1130 g/mol. The Hall–Kier alpha value is -1.33. The number of carbonyl (C=O) groups excluding carboxylic acids is 1.